The van der Waals surface area contributed by atoms with Crippen LogP contribution < -0.4 is 10.6 Å². The predicted molar refractivity (Wildman–Crippen MR) is 107 cm³/mol. The predicted octanol–water partition coefficient (Wildman–Crippen LogP) is 4.74. The van der Waals surface area contributed by atoms with E-state index < -0.39 is 0 Å². The molecule has 4 rings (SSSR count). The number of halogens is 1. The maximum absolute atomic E-state index is 6.17. The van der Waals surface area contributed by atoms with Gasteiger partial charge in [0.05, 0.1) is 5.39 Å². The second-order valence-electron chi connectivity index (χ2n) is 6.39. The van der Waals surface area contributed by atoms with E-state index in [0.717, 1.165) is 48.4 Å². The van der Waals surface area contributed by atoms with Gasteiger partial charge in [-0.3, -0.25) is 0 Å². The molecule has 6 heteroatoms. The number of piperidine rings is 1. The van der Waals surface area contributed by atoms with E-state index in [-0.39, 0.29) is 0 Å². The van der Waals surface area contributed by atoms with Crippen molar-refractivity contribution in [3.05, 3.63) is 40.5 Å². The molecule has 0 amide bonds. The Kier molecular flexibility index (Phi) is 4.88. The van der Waals surface area contributed by atoms with Gasteiger partial charge in [0.2, 0.25) is 5.28 Å². The Balaban J connectivity index is 1.76. The molecule has 3 heterocycles. The van der Waals surface area contributed by atoms with E-state index in [0.29, 0.717) is 11.3 Å². The molecular formula is C19H21ClN4S. The Morgan fingerprint density at radius 3 is 2.68 bits per heavy atom. The number of hydrogen-bond donors (Lipinski definition) is 2. The highest BCUT2D eigenvalue weighted by Crippen LogP contribution is 2.38. The molecular weight excluding hydrogens is 352 g/mol. The van der Waals surface area contributed by atoms with Crippen LogP contribution in [0.5, 0.6) is 0 Å². The van der Waals surface area contributed by atoms with Crippen LogP contribution in [0, 0.1) is 0 Å². The van der Waals surface area contributed by atoms with Gasteiger partial charge in [0.25, 0.3) is 0 Å². The third-order valence-electron chi connectivity index (χ3n) is 4.76. The van der Waals surface area contributed by atoms with Gasteiger partial charge in [-0.2, -0.15) is 0 Å². The van der Waals surface area contributed by atoms with Crippen molar-refractivity contribution in [2.75, 3.05) is 18.4 Å². The fourth-order valence-electron chi connectivity index (χ4n) is 3.31. The Bertz CT molecular complexity index is 869. The largest absolute Gasteiger partial charge is 0.367 e. The first kappa shape index (κ1) is 16.8. The Hall–Kier alpha value is -1.69. The lowest BCUT2D eigenvalue weighted by Crippen LogP contribution is -2.35. The maximum Gasteiger partial charge on any atom is 0.225 e. The quantitative estimate of drug-likeness (QED) is 0.649. The number of aromatic nitrogens is 2. The first-order valence-electron chi connectivity index (χ1n) is 8.76. The highest BCUT2D eigenvalue weighted by atomic mass is 35.5. The summed E-state index contributed by atoms with van der Waals surface area (Å²) < 4.78 is 0. The topological polar surface area (TPSA) is 49.8 Å². The van der Waals surface area contributed by atoms with Gasteiger partial charge in [0.1, 0.15) is 10.6 Å². The number of rotatable bonds is 4. The second-order valence-corrected chi connectivity index (χ2v) is 7.59. The smallest absolute Gasteiger partial charge is 0.225 e. The minimum absolute atomic E-state index is 0.304. The van der Waals surface area contributed by atoms with E-state index in [4.69, 9.17) is 11.6 Å². The summed E-state index contributed by atoms with van der Waals surface area (Å²) in [5.74, 6) is 0.859. The standard InChI is InChI=1S/C19H21ClN4S/c1-2-12-3-5-13(6-4-12)15-11-25-18-16(15)17(23-19(20)24-18)22-14-7-9-21-10-8-14/h3-6,11,14,21H,2,7-10H2,1H3,(H,22,23,24). The van der Waals surface area contributed by atoms with Crippen LogP contribution in [0.4, 0.5) is 5.82 Å². The fraction of sp³-hybridized carbons (Fsp3) is 0.368. The van der Waals surface area contributed by atoms with Crippen LogP contribution >= 0.6 is 22.9 Å². The average Bonchev–Trinajstić information content (AvgIpc) is 3.06. The van der Waals surface area contributed by atoms with Gasteiger partial charge in [0.15, 0.2) is 0 Å². The number of nitrogens with one attached hydrogen (secondary N) is 2. The second kappa shape index (κ2) is 7.28. The van der Waals surface area contributed by atoms with Gasteiger partial charge in [-0.05, 0) is 55.1 Å². The van der Waals surface area contributed by atoms with E-state index in [1.54, 1.807) is 11.3 Å². The molecule has 0 bridgehead atoms. The van der Waals surface area contributed by atoms with Gasteiger partial charge >= 0.3 is 0 Å². The summed E-state index contributed by atoms with van der Waals surface area (Å²) in [5.41, 5.74) is 3.72. The third-order valence-corrected chi connectivity index (χ3v) is 5.80. The van der Waals surface area contributed by atoms with Crippen molar-refractivity contribution in [3.8, 4) is 11.1 Å². The molecule has 25 heavy (non-hydrogen) atoms. The van der Waals surface area contributed by atoms with Gasteiger partial charge in [-0.25, -0.2) is 9.97 Å². The molecule has 1 aromatic carbocycles. The summed E-state index contributed by atoms with van der Waals surface area (Å²) in [5, 5.41) is 10.6. The van der Waals surface area contributed by atoms with Crippen molar-refractivity contribution in [1.82, 2.24) is 15.3 Å². The average molecular weight is 373 g/mol. The molecule has 0 aliphatic carbocycles. The molecule has 0 atom stereocenters. The molecule has 1 aliphatic rings. The molecule has 0 radical (unpaired) electrons. The zero-order valence-corrected chi connectivity index (χ0v) is 15.8. The van der Waals surface area contributed by atoms with Gasteiger partial charge in [-0.15, -0.1) is 11.3 Å². The monoisotopic (exact) mass is 372 g/mol. The summed E-state index contributed by atoms with van der Waals surface area (Å²) in [6.45, 7) is 4.25. The molecule has 1 aliphatic heterocycles. The van der Waals surface area contributed by atoms with Gasteiger partial charge < -0.3 is 10.6 Å². The van der Waals surface area contributed by atoms with Crippen LogP contribution in [0.15, 0.2) is 29.6 Å². The van der Waals surface area contributed by atoms with E-state index in [1.807, 2.05) is 0 Å². The third kappa shape index (κ3) is 3.50. The minimum atomic E-state index is 0.304. The van der Waals surface area contributed by atoms with Gasteiger partial charge in [-0.1, -0.05) is 31.2 Å². The molecule has 1 fully saturated rings. The molecule has 4 nitrogen and oxygen atoms in total. The maximum atomic E-state index is 6.17. The number of thiophene rings is 1. The molecule has 130 valence electrons. The van der Waals surface area contributed by atoms with Gasteiger partial charge in [0, 0.05) is 17.0 Å². The number of fused-ring (bicyclic) bond motifs is 1. The summed E-state index contributed by atoms with van der Waals surface area (Å²) in [4.78, 5) is 9.88. The van der Waals surface area contributed by atoms with Crippen molar-refractivity contribution in [2.24, 2.45) is 0 Å². The number of benzene rings is 1. The fourth-order valence-corrected chi connectivity index (χ4v) is 4.48. The number of anilines is 1. The first-order chi connectivity index (χ1) is 12.2. The number of nitrogens with zero attached hydrogens (tertiary/aromatic N) is 2. The lowest BCUT2D eigenvalue weighted by Gasteiger charge is -2.24. The Morgan fingerprint density at radius 1 is 1.20 bits per heavy atom. The number of aryl methyl sites for hydroxylation is 1. The highest BCUT2D eigenvalue weighted by molar-refractivity contribution is 7.17. The van der Waals surface area contributed by atoms with Crippen molar-refractivity contribution < 1.29 is 0 Å². The van der Waals surface area contributed by atoms with Crippen LogP contribution in [0.1, 0.15) is 25.3 Å². The molecule has 3 aromatic rings. The molecule has 0 saturated carbocycles. The summed E-state index contributed by atoms with van der Waals surface area (Å²) in [7, 11) is 0. The summed E-state index contributed by atoms with van der Waals surface area (Å²) >= 11 is 7.79. The van der Waals surface area contributed by atoms with Crippen molar-refractivity contribution >= 4 is 39.0 Å². The molecule has 0 unspecified atom stereocenters. The van der Waals surface area contributed by atoms with Crippen molar-refractivity contribution in [1.29, 1.82) is 0 Å². The van der Waals surface area contributed by atoms with Crippen LogP contribution in [0.2, 0.25) is 5.28 Å². The minimum Gasteiger partial charge on any atom is -0.367 e. The van der Waals surface area contributed by atoms with Crippen LogP contribution in [-0.4, -0.2) is 29.1 Å². The Labute approximate surface area is 156 Å². The first-order valence-corrected chi connectivity index (χ1v) is 10.0. The lowest BCUT2D eigenvalue weighted by atomic mass is 10.0. The van der Waals surface area contributed by atoms with E-state index in [1.165, 1.54) is 16.7 Å². The normalized spacial score (nSPS) is 15.6. The van der Waals surface area contributed by atoms with E-state index in [9.17, 15) is 0 Å². The zero-order valence-electron chi connectivity index (χ0n) is 14.2. The van der Waals surface area contributed by atoms with Crippen LogP contribution in [0.25, 0.3) is 21.3 Å². The van der Waals surface area contributed by atoms with E-state index >= 15 is 0 Å². The molecule has 1 saturated heterocycles. The van der Waals surface area contributed by atoms with E-state index in [2.05, 4.69) is 57.2 Å². The molecule has 2 aromatic heterocycles. The summed E-state index contributed by atoms with van der Waals surface area (Å²) in [6.07, 6.45) is 3.23. The summed E-state index contributed by atoms with van der Waals surface area (Å²) in [6, 6.07) is 9.17. The van der Waals surface area contributed by atoms with Crippen molar-refractivity contribution in [2.45, 2.75) is 32.2 Å². The van der Waals surface area contributed by atoms with Crippen LogP contribution in [-0.2, 0) is 6.42 Å². The number of hydrogen-bond acceptors (Lipinski definition) is 5. The molecule has 2 N–H and O–H groups in total. The molecule has 0 spiro atoms. The highest BCUT2D eigenvalue weighted by Gasteiger charge is 2.19. The van der Waals surface area contributed by atoms with Crippen LogP contribution in [0.3, 0.4) is 0 Å². The SMILES string of the molecule is CCc1ccc(-c2csc3nc(Cl)nc(NC4CCNCC4)c23)cc1. The Morgan fingerprint density at radius 2 is 1.96 bits per heavy atom. The van der Waals surface area contributed by atoms with Crippen molar-refractivity contribution in [3.63, 3.8) is 0 Å². The zero-order chi connectivity index (χ0) is 17.2. The lowest BCUT2D eigenvalue weighted by molar-refractivity contribution is 0.478.